The van der Waals surface area contributed by atoms with Crippen LogP contribution in [0.5, 0.6) is 0 Å². The van der Waals surface area contributed by atoms with Crippen molar-refractivity contribution >= 4 is 39.0 Å². The number of nitrogens with one attached hydrogen (secondary N) is 1. The van der Waals surface area contributed by atoms with E-state index >= 15 is 0 Å². The third-order valence-electron chi connectivity index (χ3n) is 5.79. The third-order valence-corrected chi connectivity index (χ3v) is 7.54. The van der Waals surface area contributed by atoms with Gasteiger partial charge in [-0.2, -0.15) is 17.8 Å². The fourth-order valence-corrected chi connectivity index (χ4v) is 5.35. The molecule has 1 unspecified atom stereocenters. The van der Waals surface area contributed by atoms with Crippen molar-refractivity contribution in [3.8, 4) is 0 Å². The number of hydrazone groups is 1. The molecule has 2 aromatic carbocycles. The van der Waals surface area contributed by atoms with Gasteiger partial charge in [-0.1, -0.05) is 41.9 Å². The summed E-state index contributed by atoms with van der Waals surface area (Å²) in [6.45, 7) is 1.61. The van der Waals surface area contributed by atoms with E-state index in [1.54, 1.807) is 19.1 Å². The van der Waals surface area contributed by atoms with Crippen molar-refractivity contribution in [3.05, 3.63) is 65.2 Å². The first kappa shape index (κ1) is 24.6. The first-order valence-corrected chi connectivity index (χ1v) is 12.9. The maximum Gasteiger partial charge on any atom is 0.302 e. The predicted octanol–water partition coefficient (Wildman–Crippen LogP) is 4.63. The van der Waals surface area contributed by atoms with E-state index in [0.29, 0.717) is 23.7 Å². The Bertz CT molecular complexity index is 1160. The highest BCUT2D eigenvalue weighted by Crippen LogP contribution is 2.36. The molecule has 2 aromatic rings. The standard InChI is InChI=1S/C23H26ClF2N5O2S/c1-2-27-22(29-34(32,33)30-14-12-23(25,26)13-15-30)20-16-21(17-6-4-3-5-7-17)31(28-20)19-10-8-18(24)9-11-19/h3-11,21H,2,12-16H2,1H3,(H,27,29). The first-order chi connectivity index (χ1) is 16.2. The van der Waals surface area contributed by atoms with Gasteiger partial charge in [-0.15, -0.1) is 0 Å². The molecular weight excluding hydrogens is 484 g/mol. The Kier molecular flexibility index (Phi) is 7.20. The summed E-state index contributed by atoms with van der Waals surface area (Å²) >= 11 is 6.05. The Labute approximate surface area is 203 Å². The Morgan fingerprint density at radius 1 is 1.15 bits per heavy atom. The number of alkyl halides is 2. The fourth-order valence-electron chi connectivity index (χ4n) is 4.00. The second-order valence-corrected chi connectivity index (χ2v) is 10.3. The normalized spacial score (nSPS) is 21.4. The van der Waals surface area contributed by atoms with E-state index in [1.807, 2.05) is 47.5 Å². The van der Waals surface area contributed by atoms with Crippen LogP contribution < -0.4 is 9.73 Å². The fraction of sp³-hybridized carbons (Fsp3) is 0.391. The lowest BCUT2D eigenvalue weighted by Crippen LogP contribution is -2.50. The van der Waals surface area contributed by atoms with Gasteiger partial charge in [0.2, 0.25) is 0 Å². The highest BCUT2D eigenvalue weighted by molar-refractivity contribution is 7.87. The van der Waals surface area contributed by atoms with Gasteiger partial charge in [0, 0.05) is 43.9 Å². The van der Waals surface area contributed by atoms with Crippen LogP contribution in [-0.4, -0.2) is 49.8 Å². The Hall–Kier alpha value is -2.56. The monoisotopic (exact) mass is 509 g/mol. The predicted molar refractivity (Wildman–Crippen MR) is 131 cm³/mol. The van der Waals surface area contributed by atoms with Crippen LogP contribution in [-0.2, 0) is 10.2 Å². The molecule has 2 aliphatic heterocycles. The number of anilines is 1. The highest BCUT2D eigenvalue weighted by atomic mass is 35.5. The topological polar surface area (TPSA) is 77.4 Å². The van der Waals surface area contributed by atoms with Crippen LogP contribution in [0.15, 0.2) is 64.7 Å². The molecule has 0 saturated carbocycles. The van der Waals surface area contributed by atoms with Crippen molar-refractivity contribution in [1.29, 1.82) is 0 Å². The number of benzene rings is 2. The van der Waals surface area contributed by atoms with Crippen molar-refractivity contribution in [2.75, 3.05) is 24.6 Å². The number of rotatable bonds is 6. The summed E-state index contributed by atoms with van der Waals surface area (Å²) in [5, 5.41) is 7.14. The van der Waals surface area contributed by atoms with E-state index in [1.165, 1.54) is 0 Å². The molecule has 1 fully saturated rings. The quantitative estimate of drug-likeness (QED) is 0.455. The van der Waals surface area contributed by atoms with Gasteiger partial charge < -0.3 is 0 Å². The van der Waals surface area contributed by atoms with Crippen LogP contribution in [0, 0.1) is 0 Å². The van der Waals surface area contributed by atoms with Gasteiger partial charge >= 0.3 is 10.2 Å². The molecule has 0 amide bonds. The number of nitrogens with zero attached hydrogens (tertiary/aromatic N) is 4. The maximum absolute atomic E-state index is 13.5. The van der Waals surface area contributed by atoms with E-state index in [4.69, 9.17) is 16.7 Å². The zero-order chi connectivity index (χ0) is 24.3. The molecule has 2 aliphatic rings. The number of amidine groups is 1. The second-order valence-electron chi connectivity index (χ2n) is 8.18. The molecular formula is C23H26ClF2N5O2S. The van der Waals surface area contributed by atoms with Crippen molar-refractivity contribution in [2.45, 2.75) is 38.2 Å². The molecule has 0 aliphatic carbocycles. The molecule has 0 aromatic heterocycles. The van der Waals surface area contributed by atoms with E-state index in [9.17, 15) is 17.2 Å². The number of aliphatic imine (C=N–C) groups is 1. The summed E-state index contributed by atoms with van der Waals surface area (Å²) in [4.78, 5) is 4.36. The van der Waals surface area contributed by atoms with Gasteiger partial charge in [-0.25, -0.2) is 8.78 Å². The van der Waals surface area contributed by atoms with Crippen LogP contribution in [0.2, 0.25) is 5.02 Å². The summed E-state index contributed by atoms with van der Waals surface area (Å²) in [7, 11) is -4.06. The summed E-state index contributed by atoms with van der Waals surface area (Å²) in [6.07, 6.45) is -0.600. The molecule has 182 valence electrons. The molecule has 0 bridgehead atoms. The molecule has 2 heterocycles. The Morgan fingerprint density at radius 3 is 2.41 bits per heavy atom. The molecule has 7 nitrogen and oxygen atoms in total. The molecule has 1 N–H and O–H groups in total. The lowest BCUT2D eigenvalue weighted by molar-refractivity contribution is -0.0412. The average molecular weight is 510 g/mol. The second kappa shape index (κ2) is 9.97. The van der Waals surface area contributed by atoms with Crippen molar-refractivity contribution < 1.29 is 17.2 Å². The molecule has 1 saturated heterocycles. The number of piperidine rings is 1. The average Bonchev–Trinajstić information content (AvgIpc) is 3.25. The minimum atomic E-state index is -4.06. The maximum atomic E-state index is 13.5. The van der Waals surface area contributed by atoms with E-state index in [2.05, 4.69) is 9.71 Å². The van der Waals surface area contributed by atoms with Crippen LogP contribution in [0.4, 0.5) is 14.5 Å². The summed E-state index contributed by atoms with van der Waals surface area (Å²) in [5.74, 6) is -2.72. The number of halogens is 3. The van der Waals surface area contributed by atoms with E-state index in [0.717, 1.165) is 15.6 Å². The molecule has 1 atom stereocenters. The number of hydrogen-bond donors (Lipinski definition) is 1. The van der Waals surface area contributed by atoms with Crippen LogP contribution >= 0.6 is 11.6 Å². The van der Waals surface area contributed by atoms with Crippen molar-refractivity contribution in [3.63, 3.8) is 0 Å². The van der Waals surface area contributed by atoms with Crippen LogP contribution in [0.1, 0.15) is 37.8 Å². The van der Waals surface area contributed by atoms with Gasteiger partial charge in [0.15, 0.2) is 5.84 Å². The smallest absolute Gasteiger partial charge is 0.266 e. The van der Waals surface area contributed by atoms with Gasteiger partial charge in [0.1, 0.15) is 5.71 Å². The SMILES string of the molecule is CCN=C(NS(=O)(=O)N1CCC(F)(F)CC1)C1=NN(c2ccc(Cl)cc2)C(c2ccccc2)C1. The van der Waals surface area contributed by atoms with E-state index < -0.39 is 29.0 Å². The molecule has 4 rings (SSSR count). The Morgan fingerprint density at radius 2 is 1.79 bits per heavy atom. The highest BCUT2D eigenvalue weighted by Gasteiger charge is 2.39. The van der Waals surface area contributed by atoms with Crippen LogP contribution in [0.25, 0.3) is 0 Å². The minimum absolute atomic E-state index is 0.122. The minimum Gasteiger partial charge on any atom is -0.266 e. The van der Waals surface area contributed by atoms with Crippen molar-refractivity contribution in [2.24, 2.45) is 10.1 Å². The van der Waals surface area contributed by atoms with Gasteiger partial charge in [-0.3, -0.25) is 14.7 Å². The zero-order valence-corrected chi connectivity index (χ0v) is 20.2. The van der Waals surface area contributed by atoms with E-state index in [-0.39, 0.29) is 25.0 Å². The molecule has 11 heteroatoms. The summed E-state index contributed by atoms with van der Waals surface area (Å²) in [5.41, 5.74) is 2.27. The molecule has 34 heavy (non-hydrogen) atoms. The molecule has 0 radical (unpaired) electrons. The first-order valence-electron chi connectivity index (χ1n) is 11.1. The number of hydrogen-bond acceptors (Lipinski definition) is 5. The molecule has 0 spiro atoms. The summed E-state index contributed by atoms with van der Waals surface area (Å²) < 4.78 is 56.6. The van der Waals surface area contributed by atoms with Gasteiger partial charge in [0.05, 0.1) is 11.7 Å². The summed E-state index contributed by atoms with van der Waals surface area (Å²) in [6, 6.07) is 16.8. The largest absolute Gasteiger partial charge is 0.302 e. The zero-order valence-electron chi connectivity index (χ0n) is 18.7. The lowest BCUT2D eigenvalue weighted by Gasteiger charge is -2.31. The lowest BCUT2D eigenvalue weighted by atomic mass is 10.0. The van der Waals surface area contributed by atoms with Crippen molar-refractivity contribution in [1.82, 2.24) is 9.03 Å². The Balaban J connectivity index is 1.62. The van der Waals surface area contributed by atoms with Crippen LogP contribution in [0.3, 0.4) is 0 Å². The third kappa shape index (κ3) is 5.56. The van der Waals surface area contributed by atoms with Gasteiger partial charge in [-0.05, 0) is 36.8 Å². The van der Waals surface area contributed by atoms with Gasteiger partial charge in [0.25, 0.3) is 5.92 Å².